The molecular formula is C20H22N2O4S. The van der Waals surface area contributed by atoms with Gasteiger partial charge in [0.05, 0.1) is 18.0 Å². The number of methoxy groups -OCH3 is 1. The lowest BCUT2D eigenvalue weighted by atomic mass is 10.1. The Hall–Kier alpha value is -2.51. The lowest BCUT2D eigenvalue weighted by Gasteiger charge is -2.27. The summed E-state index contributed by atoms with van der Waals surface area (Å²) in [6.45, 7) is 1.97. The zero-order valence-electron chi connectivity index (χ0n) is 15.3. The van der Waals surface area contributed by atoms with Crippen molar-refractivity contribution in [3.63, 3.8) is 0 Å². The van der Waals surface area contributed by atoms with Crippen LogP contribution in [-0.2, 0) is 14.3 Å². The van der Waals surface area contributed by atoms with Crippen LogP contribution in [0.5, 0.6) is 5.75 Å². The number of esters is 1. The summed E-state index contributed by atoms with van der Waals surface area (Å²) in [6, 6.07) is 15.1. The maximum atomic E-state index is 13.3. The molecule has 142 valence electrons. The predicted octanol–water partition coefficient (Wildman–Crippen LogP) is 2.77. The fraction of sp³-hybridized carbons (Fsp3) is 0.300. The number of amides is 1. The highest BCUT2D eigenvalue weighted by molar-refractivity contribution is 7.99. The van der Waals surface area contributed by atoms with Crippen molar-refractivity contribution in [2.24, 2.45) is 5.73 Å². The molecule has 2 N–H and O–H groups in total. The van der Waals surface area contributed by atoms with E-state index in [0.29, 0.717) is 13.1 Å². The van der Waals surface area contributed by atoms with Gasteiger partial charge >= 0.3 is 5.97 Å². The van der Waals surface area contributed by atoms with Crippen molar-refractivity contribution in [2.75, 3.05) is 25.1 Å². The number of hydrogen-bond acceptors (Lipinski definition) is 6. The minimum absolute atomic E-state index is 0.270. The fourth-order valence-electron chi connectivity index (χ4n) is 3.07. The molecule has 2 aromatic rings. The molecule has 27 heavy (non-hydrogen) atoms. The first-order valence-electron chi connectivity index (χ1n) is 8.63. The van der Waals surface area contributed by atoms with Crippen LogP contribution in [0.1, 0.15) is 17.7 Å². The van der Waals surface area contributed by atoms with Crippen molar-refractivity contribution in [3.8, 4) is 5.75 Å². The molecule has 1 heterocycles. The third-order valence-electron chi connectivity index (χ3n) is 4.28. The third-order valence-corrected chi connectivity index (χ3v) is 5.66. The van der Waals surface area contributed by atoms with E-state index in [4.69, 9.17) is 15.2 Å². The lowest BCUT2D eigenvalue weighted by molar-refractivity contribution is -0.152. The van der Waals surface area contributed by atoms with E-state index in [1.54, 1.807) is 12.0 Å². The number of carbonyl (C=O) groups excluding carboxylic acids is 2. The third kappa shape index (κ3) is 4.09. The maximum Gasteiger partial charge on any atom is 0.303 e. The van der Waals surface area contributed by atoms with Gasteiger partial charge in [-0.05, 0) is 29.8 Å². The van der Waals surface area contributed by atoms with Crippen LogP contribution in [0, 0.1) is 0 Å². The Morgan fingerprint density at radius 1 is 1.19 bits per heavy atom. The molecule has 1 aliphatic heterocycles. The summed E-state index contributed by atoms with van der Waals surface area (Å²) in [4.78, 5) is 27.6. The van der Waals surface area contributed by atoms with Gasteiger partial charge in [0.15, 0.2) is 6.10 Å². The molecule has 0 radical (unpaired) electrons. The van der Waals surface area contributed by atoms with Gasteiger partial charge in [0.25, 0.3) is 5.91 Å². The van der Waals surface area contributed by atoms with E-state index in [1.165, 1.54) is 18.7 Å². The van der Waals surface area contributed by atoms with E-state index in [-0.39, 0.29) is 11.2 Å². The number of carbonyl (C=O) groups is 2. The highest BCUT2D eigenvalue weighted by Gasteiger charge is 2.40. The Balaban J connectivity index is 2.09. The largest absolute Gasteiger partial charge is 0.497 e. The minimum Gasteiger partial charge on any atom is -0.497 e. The summed E-state index contributed by atoms with van der Waals surface area (Å²) in [6.07, 6.45) is -0.945. The summed E-state index contributed by atoms with van der Waals surface area (Å²) in [5.74, 6) is -0.0436. The predicted molar refractivity (Wildman–Crippen MR) is 105 cm³/mol. The van der Waals surface area contributed by atoms with E-state index in [0.717, 1.165) is 21.9 Å². The van der Waals surface area contributed by atoms with Gasteiger partial charge in [0.2, 0.25) is 0 Å². The van der Waals surface area contributed by atoms with Crippen LogP contribution in [0.3, 0.4) is 0 Å². The fourth-order valence-corrected chi connectivity index (χ4v) is 4.39. The molecule has 1 aliphatic rings. The molecule has 0 aliphatic carbocycles. The van der Waals surface area contributed by atoms with Crippen LogP contribution in [0.25, 0.3) is 0 Å². The van der Waals surface area contributed by atoms with E-state index in [9.17, 15) is 9.59 Å². The molecule has 6 nitrogen and oxygen atoms in total. The van der Waals surface area contributed by atoms with Crippen molar-refractivity contribution < 1.29 is 19.1 Å². The molecule has 0 aromatic heterocycles. The number of ether oxygens (including phenoxy) is 2. The van der Waals surface area contributed by atoms with Gasteiger partial charge in [0.1, 0.15) is 5.75 Å². The van der Waals surface area contributed by atoms with Gasteiger partial charge in [0, 0.05) is 24.9 Å². The summed E-state index contributed by atoms with van der Waals surface area (Å²) < 4.78 is 10.7. The van der Waals surface area contributed by atoms with Gasteiger partial charge in [-0.3, -0.25) is 9.59 Å². The smallest absolute Gasteiger partial charge is 0.303 e. The van der Waals surface area contributed by atoms with Gasteiger partial charge in [-0.2, -0.15) is 0 Å². The first-order valence-corrected chi connectivity index (χ1v) is 9.51. The van der Waals surface area contributed by atoms with Crippen molar-refractivity contribution in [3.05, 3.63) is 54.1 Å². The molecule has 0 fully saturated rings. The maximum absolute atomic E-state index is 13.3. The number of para-hydroxylation sites is 1. The number of rotatable bonds is 5. The van der Waals surface area contributed by atoms with E-state index in [1.807, 2.05) is 48.5 Å². The highest BCUT2D eigenvalue weighted by atomic mass is 32.2. The zero-order chi connectivity index (χ0) is 19.4. The summed E-state index contributed by atoms with van der Waals surface area (Å²) >= 11 is 1.51. The minimum atomic E-state index is -0.945. The first-order chi connectivity index (χ1) is 13.0. The molecule has 0 saturated carbocycles. The second kappa shape index (κ2) is 8.45. The standard InChI is InChI=1S/C20H22N2O4S/c1-13(23)26-18-19(14-7-9-15(25-2)10-8-14)27-17-6-4-3-5-16(17)22(12-11-21)20(18)24/h3-10,18-19H,11-12,21H2,1-2H3/t18-,19+/m1/s1. The highest BCUT2D eigenvalue weighted by Crippen LogP contribution is 2.46. The molecule has 2 atom stereocenters. The molecule has 0 spiro atoms. The Labute approximate surface area is 162 Å². The number of nitrogens with zero attached hydrogens (tertiary/aromatic N) is 1. The van der Waals surface area contributed by atoms with Crippen molar-refractivity contribution in [1.82, 2.24) is 0 Å². The molecular weight excluding hydrogens is 364 g/mol. The molecule has 7 heteroatoms. The quantitative estimate of drug-likeness (QED) is 0.796. The van der Waals surface area contributed by atoms with Gasteiger partial charge < -0.3 is 20.1 Å². The molecule has 0 bridgehead atoms. The average molecular weight is 386 g/mol. The van der Waals surface area contributed by atoms with Crippen LogP contribution in [0.2, 0.25) is 0 Å². The topological polar surface area (TPSA) is 81.9 Å². The Kier molecular flexibility index (Phi) is 6.03. The second-order valence-corrected chi connectivity index (χ2v) is 7.27. The normalized spacial score (nSPS) is 19.2. The van der Waals surface area contributed by atoms with Crippen LogP contribution < -0.4 is 15.4 Å². The van der Waals surface area contributed by atoms with Crippen LogP contribution in [-0.4, -0.2) is 38.2 Å². The van der Waals surface area contributed by atoms with Gasteiger partial charge in [-0.25, -0.2) is 0 Å². The van der Waals surface area contributed by atoms with Gasteiger partial charge in [-0.15, -0.1) is 11.8 Å². The number of fused-ring (bicyclic) bond motifs is 1. The van der Waals surface area contributed by atoms with E-state index < -0.39 is 12.1 Å². The molecule has 0 saturated heterocycles. The Morgan fingerprint density at radius 3 is 2.52 bits per heavy atom. The average Bonchev–Trinajstić information content (AvgIpc) is 2.78. The number of hydrogen-bond donors (Lipinski definition) is 1. The number of nitrogens with two attached hydrogens (primary N) is 1. The Bertz CT molecular complexity index is 825. The number of thioether (sulfide) groups is 1. The zero-order valence-corrected chi connectivity index (χ0v) is 16.1. The van der Waals surface area contributed by atoms with Crippen LogP contribution >= 0.6 is 11.8 Å². The summed E-state index contributed by atoms with van der Waals surface area (Å²) in [5, 5.41) is -0.378. The molecule has 1 amide bonds. The monoisotopic (exact) mass is 386 g/mol. The second-order valence-electron chi connectivity index (χ2n) is 6.09. The molecule has 0 unspecified atom stereocenters. The summed E-state index contributed by atoms with van der Waals surface area (Å²) in [5.41, 5.74) is 7.39. The Morgan fingerprint density at radius 2 is 1.89 bits per heavy atom. The SMILES string of the molecule is COc1ccc([C@@H]2Sc3ccccc3N(CCN)C(=O)[C@@H]2OC(C)=O)cc1. The van der Waals surface area contributed by atoms with Gasteiger partial charge in [-0.1, -0.05) is 24.3 Å². The molecule has 3 rings (SSSR count). The van der Waals surface area contributed by atoms with Crippen molar-refractivity contribution in [1.29, 1.82) is 0 Å². The van der Waals surface area contributed by atoms with Crippen LogP contribution in [0.4, 0.5) is 5.69 Å². The lowest BCUT2D eigenvalue weighted by Crippen LogP contribution is -2.44. The number of anilines is 1. The van der Waals surface area contributed by atoms with Crippen LogP contribution in [0.15, 0.2) is 53.4 Å². The van der Waals surface area contributed by atoms with E-state index >= 15 is 0 Å². The van der Waals surface area contributed by atoms with Crippen molar-refractivity contribution in [2.45, 2.75) is 23.2 Å². The number of benzene rings is 2. The molecule has 2 aromatic carbocycles. The first kappa shape index (κ1) is 19.3. The van der Waals surface area contributed by atoms with Crippen molar-refractivity contribution >= 4 is 29.3 Å². The summed E-state index contributed by atoms with van der Waals surface area (Å²) in [7, 11) is 1.60. The van der Waals surface area contributed by atoms with E-state index in [2.05, 4.69) is 0 Å².